The van der Waals surface area contributed by atoms with E-state index in [2.05, 4.69) is 10.6 Å². The van der Waals surface area contributed by atoms with Crippen molar-refractivity contribution in [2.45, 2.75) is 72.1 Å². The highest BCUT2D eigenvalue weighted by Gasteiger charge is 2.23. The van der Waals surface area contributed by atoms with Gasteiger partial charge in [-0.05, 0) is 54.0 Å². The molecule has 2 rings (SSSR count). The SMILES string of the molecule is CC[C@H](NC(=O)OC(C)(C)C)C(=O)NCC=Cc1cn(C(=O)OC(C)(C)C)c2ccccc12. The number of alkyl carbamates (subject to hydrolysis) is 1. The largest absolute Gasteiger partial charge is 0.444 e. The van der Waals surface area contributed by atoms with Crippen LogP contribution in [0.15, 0.2) is 36.5 Å². The van der Waals surface area contributed by atoms with Gasteiger partial charge in [-0.15, -0.1) is 0 Å². The Bertz CT molecular complexity index is 1020. The predicted molar refractivity (Wildman–Crippen MR) is 129 cm³/mol. The molecular formula is C25H35N3O5. The number of aromatic nitrogens is 1. The van der Waals surface area contributed by atoms with E-state index >= 15 is 0 Å². The van der Waals surface area contributed by atoms with Crippen LogP contribution in [0.25, 0.3) is 17.0 Å². The molecule has 1 atom stereocenters. The first kappa shape index (κ1) is 26.0. The molecule has 0 saturated carbocycles. The van der Waals surface area contributed by atoms with Gasteiger partial charge in [-0.3, -0.25) is 9.36 Å². The molecule has 0 aliphatic rings. The van der Waals surface area contributed by atoms with E-state index in [0.717, 1.165) is 16.5 Å². The Balaban J connectivity index is 2.05. The van der Waals surface area contributed by atoms with Gasteiger partial charge in [0.05, 0.1) is 5.52 Å². The van der Waals surface area contributed by atoms with Gasteiger partial charge in [0.25, 0.3) is 0 Å². The maximum absolute atomic E-state index is 12.6. The van der Waals surface area contributed by atoms with Crippen molar-refractivity contribution in [3.63, 3.8) is 0 Å². The monoisotopic (exact) mass is 457 g/mol. The summed E-state index contributed by atoms with van der Waals surface area (Å²) >= 11 is 0. The molecule has 33 heavy (non-hydrogen) atoms. The van der Waals surface area contributed by atoms with E-state index in [1.165, 1.54) is 4.57 Å². The summed E-state index contributed by atoms with van der Waals surface area (Å²) in [6, 6.07) is 6.84. The molecule has 0 radical (unpaired) electrons. The molecule has 1 aromatic carbocycles. The smallest absolute Gasteiger partial charge is 0.419 e. The molecule has 8 heteroatoms. The van der Waals surface area contributed by atoms with Gasteiger partial charge in [-0.25, -0.2) is 9.59 Å². The number of rotatable bonds is 6. The van der Waals surface area contributed by atoms with Crippen LogP contribution in [0.5, 0.6) is 0 Å². The molecule has 2 aromatic rings. The first-order valence-electron chi connectivity index (χ1n) is 11.1. The molecule has 0 fully saturated rings. The third-order valence-corrected chi connectivity index (χ3v) is 4.44. The topological polar surface area (TPSA) is 98.7 Å². The van der Waals surface area contributed by atoms with E-state index in [4.69, 9.17) is 9.47 Å². The van der Waals surface area contributed by atoms with Crippen LogP contribution in [0.2, 0.25) is 0 Å². The number of amides is 2. The van der Waals surface area contributed by atoms with E-state index in [9.17, 15) is 14.4 Å². The lowest BCUT2D eigenvalue weighted by Gasteiger charge is -2.22. The summed E-state index contributed by atoms with van der Waals surface area (Å²) in [4.78, 5) is 37.0. The van der Waals surface area contributed by atoms with E-state index < -0.39 is 29.4 Å². The predicted octanol–water partition coefficient (Wildman–Crippen LogP) is 4.86. The Hall–Kier alpha value is -3.29. The number of ether oxygens (including phenoxy) is 2. The van der Waals surface area contributed by atoms with Gasteiger partial charge in [-0.2, -0.15) is 0 Å². The quantitative estimate of drug-likeness (QED) is 0.646. The number of nitrogens with zero attached hydrogens (tertiary/aromatic N) is 1. The summed E-state index contributed by atoms with van der Waals surface area (Å²) < 4.78 is 12.2. The average Bonchev–Trinajstić information content (AvgIpc) is 3.05. The molecule has 1 aromatic heterocycles. The Kier molecular flexibility index (Phi) is 8.30. The highest BCUT2D eigenvalue weighted by Crippen LogP contribution is 2.23. The van der Waals surface area contributed by atoms with Crippen molar-refractivity contribution in [3.05, 3.63) is 42.1 Å². The molecule has 2 N–H and O–H groups in total. The zero-order chi connectivity index (χ0) is 24.8. The first-order chi connectivity index (χ1) is 15.3. The van der Waals surface area contributed by atoms with Crippen LogP contribution in [-0.2, 0) is 14.3 Å². The lowest BCUT2D eigenvalue weighted by atomic mass is 10.1. The zero-order valence-corrected chi connectivity index (χ0v) is 20.5. The molecule has 0 aliphatic carbocycles. The van der Waals surface area contributed by atoms with Gasteiger partial charge in [0.1, 0.15) is 17.2 Å². The fourth-order valence-corrected chi connectivity index (χ4v) is 3.07. The van der Waals surface area contributed by atoms with Crippen molar-refractivity contribution >= 4 is 35.1 Å². The third-order valence-electron chi connectivity index (χ3n) is 4.44. The maximum atomic E-state index is 12.6. The summed E-state index contributed by atoms with van der Waals surface area (Å²) in [6.45, 7) is 12.8. The Morgan fingerprint density at radius 1 is 1.03 bits per heavy atom. The number of benzene rings is 1. The number of carbonyl (C=O) groups is 3. The van der Waals surface area contributed by atoms with Crippen LogP contribution in [-0.4, -0.2) is 46.4 Å². The minimum Gasteiger partial charge on any atom is -0.444 e. The van der Waals surface area contributed by atoms with Gasteiger partial charge in [0.2, 0.25) is 5.91 Å². The number of fused-ring (bicyclic) bond motifs is 1. The van der Waals surface area contributed by atoms with Crippen molar-refractivity contribution in [3.8, 4) is 0 Å². The van der Waals surface area contributed by atoms with Gasteiger partial charge < -0.3 is 20.1 Å². The lowest BCUT2D eigenvalue weighted by molar-refractivity contribution is -0.123. The summed E-state index contributed by atoms with van der Waals surface area (Å²) in [5.41, 5.74) is 0.319. The van der Waals surface area contributed by atoms with Crippen LogP contribution in [0, 0.1) is 0 Å². The van der Waals surface area contributed by atoms with Crippen LogP contribution >= 0.6 is 0 Å². The van der Waals surface area contributed by atoms with Crippen LogP contribution in [0.1, 0.15) is 60.5 Å². The van der Waals surface area contributed by atoms with E-state index in [1.807, 2.05) is 58.0 Å². The Morgan fingerprint density at radius 3 is 2.27 bits per heavy atom. The zero-order valence-electron chi connectivity index (χ0n) is 20.5. The fraction of sp³-hybridized carbons (Fsp3) is 0.480. The summed E-state index contributed by atoms with van der Waals surface area (Å²) in [5, 5.41) is 6.27. The van der Waals surface area contributed by atoms with Crippen LogP contribution in [0.3, 0.4) is 0 Å². The maximum Gasteiger partial charge on any atom is 0.419 e. The number of para-hydroxylation sites is 1. The lowest BCUT2D eigenvalue weighted by Crippen LogP contribution is -2.47. The molecule has 0 bridgehead atoms. The first-order valence-corrected chi connectivity index (χ1v) is 11.1. The molecular weight excluding hydrogens is 422 g/mol. The van der Waals surface area contributed by atoms with Gasteiger partial charge in [-0.1, -0.05) is 37.3 Å². The third kappa shape index (κ3) is 7.97. The van der Waals surface area contributed by atoms with E-state index in [-0.39, 0.29) is 12.5 Å². The standard InChI is InChI=1S/C25H35N3O5/c1-8-19(27-22(30)32-24(2,3)4)21(29)26-15-11-12-17-16-28(23(31)33-25(5,6)7)20-14-10-9-13-18(17)20/h9-14,16,19H,8,15H2,1-7H3,(H,26,29)(H,27,30)/t19-/m0/s1. The second kappa shape index (κ2) is 10.6. The average molecular weight is 458 g/mol. The molecule has 180 valence electrons. The van der Waals surface area contributed by atoms with E-state index in [1.54, 1.807) is 33.0 Å². The van der Waals surface area contributed by atoms with Crippen molar-refractivity contribution in [2.24, 2.45) is 0 Å². The van der Waals surface area contributed by atoms with E-state index in [0.29, 0.717) is 6.42 Å². The molecule has 0 spiro atoms. The van der Waals surface area contributed by atoms with Crippen molar-refractivity contribution in [1.29, 1.82) is 0 Å². The molecule has 8 nitrogen and oxygen atoms in total. The second-order valence-electron chi connectivity index (χ2n) is 9.71. The molecule has 0 aliphatic heterocycles. The van der Waals surface area contributed by atoms with Crippen LogP contribution in [0.4, 0.5) is 9.59 Å². The number of nitrogens with one attached hydrogen (secondary N) is 2. The summed E-state index contributed by atoms with van der Waals surface area (Å²) in [6.07, 6.45) is 4.69. The normalized spacial score (nSPS) is 13.1. The minimum absolute atomic E-state index is 0.261. The molecule has 1 heterocycles. The van der Waals surface area contributed by atoms with Crippen molar-refractivity contribution in [2.75, 3.05) is 6.54 Å². The number of hydrogen-bond acceptors (Lipinski definition) is 5. The van der Waals surface area contributed by atoms with Gasteiger partial charge >= 0.3 is 12.2 Å². The number of carbonyl (C=O) groups excluding carboxylic acids is 3. The highest BCUT2D eigenvalue weighted by molar-refractivity contribution is 5.95. The summed E-state index contributed by atoms with van der Waals surface area (Å²) in [7, 11) is 0. The van der Waals surface area contributed by atoms with Gasteiger partial charge in [0.15, 0.2) is 0 Å². The molecule has 0 saturated heterocycles. The van der Waals surface area contributed by atoms with Crippen molar-refractivity contribution < 1.29 is 23.9 Å². The minimum atomic E-state index is -0.692. The number of hydrogen-bond donors (Lipinski definition) is 2. The molecule has 0 unspecified atom stereocenters. The molecule has 2 amide bonds. The Morgan fingerprint density at radius 2 is 1.67 bits per heavy atom. The van der Waals surface area contributed by atoms with Crippen molar-refractivity contribution in [1.82, 2.24) is 15.2 Å². The van der Waals surface area contributed by atoms with Gasteiger partial charge in [0, 0.05) is 23.7 Å². The van der Waals surface area contributed by atoms with Crippen LogP contribution < -0.4 is 10.6 Å². The highest BCUT2D eigenvalue weighted by atomic mass is 16.6. The summed E-state index contributed by atoms with van der Waals surface area (Å²) in [5.74, 6) is -0.302. The Labute approximate surface area is 195 Å². The second-order valence-corrected chi connectivity index (χ2v) is 9.71. The fourth-order valence-electron chi connectivity index (χ4n) is 3.07.